The predicted molar refractivity (Wildman–Crippen MR) is 102 cm³/mol. The number of nitrogens with zero attached hydrogens (tertiary/aromatic N) is 2. The maximum Gasteiger partial charge on any atom is 0.280 e. The molecule has 132 valence electrons. The molecule has 1 amide bonds. The van der Waals surface area contributed by atoms with Gasteiger partial charge in [0.05, 0.1) is 10.2 Å². The van der Waals surface area contributed by atoms with Crippen LogP contribution in [0, 0.1) is 0 Å². The van der Waals surface area contributed by atoms with E-state index >= 15 is 0 Å². The number of rotatable bonds is 7. The van der Waals surface area contributed by atoms with Crippen molar-refractivity contribution in [3.05, 3.63) is 45.9 Å². The standard InChI is InChI=1S/C9H15N3OS.C8H5NOS/c10-4-2-1-3-5-11-8(13)9-12-6-7-14-9;10-5-8-9-6-3-1-2-4-7(6)11-8/h6-7H,1-5,10H2,(H,11,13);1-5H. The molecule has 0 saturated carbocycles. The summed E-state index contributed by atoms with van der Waals surface area (Å²) in [7, 11) is 0. The zero-order chi connectivity index (χ0) is 17.9. The lowest BCUT2D eigenvalue weighted by atomic mass is 10.2. The highest BCUT2D eigenvalue weighted by molar-refractivity contribution is 7.20. The van der Waals surface area contributed by atoms with Crippen LogP contribution in [0.1, 0.15) is 38.9 Å². The first-order chi connectivity index (χ1) is 12.2. The molecule has 8 heteroatoms. The number of aromatic nitrogens is 2. The zero-order valence-corrected chi connectivity index (χ0v) is 15.3. The smallest absolute Gasteiger partial charge is 0.280 e. The van der Waals surface area contributed by atoms with Gasteiger partial charge in [-0.1, -0.05) is 18.6 Å². The van der Waals surface area contributed by atoms with Gasteiger partial charge in [-0.25, -0.2) is 9.97 Å². The number of aldehydes is 1. The molecule has 0 atom stereocenters. The van der Waals surface area contributed by atoms with E-state index < -0.39 is 0 Å². The first kappa shape index (κ1) is 19.2. The summed E-state index contributed by atoms with van der Waals surface area (Å²) in [6.45, 7) is 1.43. The van der Waals surface area contributed by atoms with Gasteiger partial charge in [0, 0.05) is 18.1 Å². The topological polar surface area (TPSA) is 98.0 Å². The highest BCUT2D eigenvalue weighted by Crippen LogP contribution is 2.19. The number of carbonyl (C=O) groups is 2. The highest BCUT2D eigenvalue weighted by Gasteiger charge is 2.05. The molecule has 0 bridgehead atoms. The third kappa shape index (κ3) is 6.33. The minimum absolute atomic E-state index is 0.0762. The number of nitrogens with one attached hydrogen (secondary N) is 1. The van der Waals surface area contributed by atoms with Crippen LogP contribution in [0.3, 0.4) is 0 Å². The number of fused-ring (bicyclic) bond motifs is 1. The second-order valence-electron chi connectivity index (χ2n) is 5.08. The van der Waals surface area contributed by atoms with E-state index in [4.69, 9.17) is 5.73 Å². The molecule has 3 aromatic rings. The Balaban J connectivity index is 0.000000185. The number of thiazole rings is 2. The lowest BCUT2D eigenvalue weighted by Gasteiger charge is -2.01. The molecule has 3 N–H and O–H groups in total. The molecule has 0 aliphatic rings. The molecule has 2 heterocycles. The monoisotopic (exact) mass is 376 g/mol. The van der Waals surface area contributed by atoms with Gasteiger partial charge in [0.25, 0.3) is 5.91 Å². The first-order valence-corrected chi connectivity index (χ1v) is 9.62. The van der Waals surface area contributed by atoms with Gasteiger partial charge in [-0.05, 0) is 31.5 Å². The van der Waals surface area contributed by atoms with E-state index in [-0.39, 0.29) is 5.91 Å². The number of amides is 1. The Bertz CT molecular complexity index is 754. The lowest BCUT2D eigenvalue weighted by molar-refractivity contribution is 0.0952. The van der Waals surface area contributed by atoms with Gasteiger partial charge in [0.15, 0.2) is 16.3 Å². The van der Waals surface area contributed by atoms with Gasteiger partial charge in [-0.15, -0.1) is 22.7 Å². The van der Waals surface area contributed by atoms with Gasteiger partial charge in [0.2, 0.25) is 0 Å². The summed E-state index contributed by atoms with van der Waals surface area (Å²) >= 11 is 2.77. The second kappa shape index (κ2) is 10.7. The second-order valence-corrected chi connectivity index (χ2v) is 7.04. The van der Waals surface area contributed by atoms with Gasteiger partial charge in [-0.2, -0.15) is 0 Å². The summed E-state index contributed by atoms with van der Waals surface area (Å²) in [5, 5.41) is 5.69. The van der Waals surface area contributed by atoms with Crippen LogP contribution in [0.15, 0.2) is 35.8 Å². The van der Waals surface area contributed by atoms with E-state index in [1.54, 1.807) is 11.6 Å². The number of nitrogens with two attached hydrogens (primary N) is 1. The molecular weight excluding hydrogens is 356 g/mol. The van der Waals surface area contributed by atoms with Crippen molar-refractivity contribution in [1.29, 1.82) is 0 Å². The Morgan fingerprint density at radius 1 is 1.24 bits per heavy atom. The van der Waals surface area contributed by atoms with E-state index in [0.29, 0.717) is 16.6 Å². The quantitative estimate of drug-likeness (QED) is 0.488. The van der Waals surface area contributed by atoms with Crippen molar-refractivity contribution in [3.63, 3.8) is 0 Å². The largest absolute Gasteiger partial charge is 0.350 e. The van der Waals surface area contributed by atoms with Crippen molar-refractivity contribution in [1.82, 2.24) is 15.3 Å². The molecule has 0 spiro atoms. The van der Waals surface area contributed by atoms with Crippen LogP contribution in [0.4, 0.5) is 0 Å². The Hall–Kier alpha value is -2.16. The number of hydrogen-bond donors (Lipinski definition) is 2. The Kier molecular flexibility index (Phi) is 8.17. The van der Waals surface area contributed by atoms with E-state index in [0.717, 1.165) is 42.3 Å². The molecule has 0 aliphatic heterocycles. The van der Waals surface area contributed by atoms with Crippen LogP contribution in [0.5, 0.6) is 0 Å². The van der Waals surface area contributed by atoms with Gasteiger partial charge < -0.3 is 11.1 Å². The molecule has 6 nitrogen and oxygen atoms in total. The molecule has 25 heavy (non-hydrogen) atoms. The van der Waals surface area contributed by atoms with E-state index in [9.17, 15) is 9.59 Å². The fraction of sp³-hybridized carbons (Fsp3) is 0.294. The average molecular weight is 377 g/mol. The SMILES string of the molecule is NCCCCCNC(=O)c1nccs1.O=Cc1nc2ccccc2s1. The molecular formula is C17H20N4O2S2. The zero-order valence-electron chi connectivity index (χ0n) is 13.7. The van der Waals surface area contributed by atoms with E-state index in [2.05, 4.69) is 15.3 Å². The molecule has 0 unspecified atom stereocenters. The summed E-state index contributed by atoms with van der Waals surface area (Å²) in [5.41, 5.74) is 6.25. The van der Waals surface area contributed by atoms with Crippen molar-refractivity contribution in [3.8, 4) is 0 Å². The lowest BCUT2D eigenvalue weighted by Crippen LogP contribution is -2.24. The highest BCUT2D eigenvalue weighted by atomic mass is 32.1. The van der Waals surface area contributed by atoms with Crippen LogP contribution < -0.4 is 11.1 Å². The van der Waals surface area contributed by atoms with Crippen molar-refractivity contribution in [2.75, 3.05) is 13.1 Å². The molecule has 0 aliphatic carbocycles. The van der Waals surface area contributed by atoms with Gasteiger partial charge in [0.1, 0.15) is 0 Å². The summed E-state index contributed by atoms with van der Waals surface area (Å²) in [6, 6.07) is 7.71. The minimum atomic E-state index is -0.0762. The molecule has 1 aromatic carbocycles. The maximum atomic E-state index is 11.4. The fourth-order valence-electron chi connectivity index (χ4n) is 2.00. The van der Waals surface area contributed by atoms with Crippen LogP contribution in [-0.2, 0) is 0 Å². The number of unbranched alkanes of at least 4 members (excludes halogenated alkanes) is 2. The van der Waals surface area contributed by atoms with Crippen LogP contribution in [0.25, 0.3) is 10.2 Å². The maximum absolute atomic E-state index is 11.4. The Morgan fingerprint density at radius 2 is 2.08 bits per heavy atom. The molecule has 0 radical (unpaired) electrons. The third-order valence-corrected chi connectivity index (χ3v) is 4.94. The van der Waals surface area contributed by atoms with Gasteiger partial charge in [-0.3, -0.25) is 9.59 Å². The summed E-state index contributed by atoms with van der Waals surface area (Å²) in [6.07, 6.45) is 5.48. The summed E-state index contributed by atoms with van der Waals surface area (Å²) in [4.78, 5) is 29.7. The molecule has 3 rings (SSSR count). The fourth-order valence-corrected chi connectivity index (χ4v) is 3.33. The molecule has 0 saturated heterocycles. The number of benzene rings is 1. The van der Waals surface area contributed by atoms with E-state index in [1.807, 2.05) is 24.3 Å². The van der Waals surface area contributed by atoms with Crippen LogP contribution in [-0.4, -0.2) is 35.3 Å². The summed E-state index contributed by atoms with van der Waals surface area (Å²) < 4.78 is 1.06. The van der Waals surface area contributed by atoms with Crippen molar-refractivity contribution < 1.29 is 9.59 Å². The molecule has 0 fully saturated rings. The number of para-hydroxylation sites is 1. The number of carbonyl (C=O) groups excluding carboxylic acids is 2. The number of hydrogen-bond acceptors (Lipinski definition) is 7. The average Bonchev–Trinajstić information content (AvgIpc) is 3.31. The molecule has 2 aromatic heterocycles. The Labute approximate surface area is 154 Å². The van der Waals surface area contributed by atoms with Crippen molar-refractivity contribution >= 4 is 45.1 Å². The van der Waals surface area contributed by atoms with Crippen LogP contribution >= 0.6 is 22.7 Å². The first-order valence-electron chi connectivity index (χ1n) is 7.93. The Morgan fingerprint density at radius 3 is 2.76 bits per heavy atom. The van der Waals surface area contributed by atoms with Crippen molar-refractivity contribution in [2.45, 2.75) is 19.3 Å². The van der Waals surface area contributed by atoms with E-state index in [1.165, 1.54) is 22.7 Å². The summed E-state index contributed by atoms with van der Waals surface area (Å²) in [5.74, 6) is -0.0762. The van der Waals surface area contributed by atoms with Gasteiger partial charge >= 0.3 is 0 Å². The minimum Gasteiger partial charge on any atom is -0.350 e. The predicted octanol–water partition coefficient (Wildman–Crippen LogP) is 3.11. The van der Waals surface area contributed by atoms with Crippen LogP contribution in [0.2, 0.25) is 0 Å². The third-order valence-electron chi connectivity index (χ3n) is 3.20. The van der Waals surface area contributed by atoms with Crippen molar-refractivity contribution in [2.24, 2.45) is 5.73 Å². The normalized spacial score (nSPS) is 10.1.